The number of aryl methyl sites for hydroxylation is 1. The second-order valence-electron chi connectivity index (χ2n) is 19.0. The van der Waals surface area contributed by atoms with Gasteiger partial charge in [0.1, 0.15) is 25.6 Å². The zero-order valence-electron chi connectivity index (χ0n) is 47.9. The van der Waals surface area contributed by atoms with Crippen molar-refractivity contribution in [1.82, 2.24) is 40.5 Å². The van der Waals surface area contributed by atoms with Crippen molar-refractivity contribution >= 4 is 23.8 Å². The lowest BCUT2D eigenvalue weighted by Gasteiger charge is -2.32. The molecule has 0 saturated heterocycles. The highest BCUT2D eigenvalue weighted by molar-refractivity contribution is 5.97. The fraction of sp³-hybridized carbons (Fsp3) is 0.312. The highest BCUT2D eigenvalue weighted by atomic mass is 16.5. The molecule has 0 bridgehead atoms. The van der Waals surface area contributed by atoms with E-state index in [1.165, 1.54) is 4.57 Å². The van der Waals surface area contributed by atoms with E-state index in [9.17, 15) is 19.2 Å². The smallest absolute Gasteiger partial charge is 0.293 e. The minimum atomic E-state index is -0.411. The lowest BCUT2D eigenvalue weighted by atomic mass is 9.97. The number of nitrogen functional groups attached to an aromatic ring is 1. The number of allylic oxidation sites excluding steroid dienone is 3. The molecule has 8 N–H and O–H groups in total. The Morgan fingerprint density at radius 2 is 1.28 bits per heavy atom. The van der Waals surface area contributed by atoms with E-state index in [1.807, 2.05) is 122 Å². The Hall–Kier alpha value is -8.48. The predicted molar refractivity (Wildman–Crippen MR) is 325 cm³/mol. The molecule has 1 atom stereocenters. The van der Waals surface area contributed by atoms with E-state index in [2.05, 4.69) is 62.9 Å². The molecule has 0 fully saturated rings. The molecule has 2 heterocycles. The summed E-state index contributed by atoms with van der Waals surface area (Å²) in [6.45, 7) is 18.6. The summed E-state index contributed by atoms with van der Waals surface area (Å²) in [5.74, 6) is 0.523. The highest BCUT2D eigenvalue weighted by Gasteiger charge is 2.22. The fourth-order valence-electron chi connectivity index (χ4n) is 8.48. The van der Waals surface area contributed by atoms with E-state index >= 15 is 0 Å². The van der Waals surface area contributed by atoms with Crippen LogP contribution >= 0.6 is 0 Å². The van der Waals surface area contributed by atoms with E-state index in [0.717, 1.165) is 61.1 Å². The van der Waals surface area contributed by atoms with Crippen LogP contribution in [0.1, 0.15) is 39.5 Å². The lowest BCUT2D eigenvalue weighted by Crippen LogP contribution is -2.45. The van der Waals surface area contributed by atoms with Gasteiger partial charge >= 0.3 is 0 Å². The summed E-state index contributed by atoms with van der Waals surface area (Å²) >= 11 is 0. The van der Waals surface area contributed by atoms with Gasteiger partial charge in [0.15, 0.2) is 17.8 Å². The quantitative estimate of drug-likeness (QED) is 0.00683. The third kappa shape index (κ3) is 22.7. The van der Waals surface area contributed by atoms with Crippen molar-refractivity contribution in [1.29, 1.82) is 0 Å². The summed E-state index contributed by atoms with van der Waals surface area (Å²) in [6, 6.07) is 38.7. The van der Waals surface area contributed by atoms with Crippen molar-refractivity contribution in [3.8, 4) is 5.75 Å². The molecular weight excluding hydrogens is 1020 g/mol. The zero-order chi connectivity index (χ0) is 58.8. The number of nitrogens with two attached hydrogens (primary N) is 2. The van der Waals surface area contributed by atoms with E-state index < -0.39 is 11.5 Å². The molecule has 432 valence electrons. The maximum absolute atomic E-state index is 13.7. The second-order valence-corrected chi connectivity index (χ2v) is 19.0. The average Bonchev–Trinajstić information content (AvgIpc) is 3.48. The van der Waals surface area contributed by atoms with E-state index in [-0.39, 0.29) is 36.3 Å². The van der Waals surface area contributed by atoms with E-state index in [4.69, 9.17) is 25.7 Å². The number of ether oxygens (including phenoxy) is 3. The van der Waals surface area contributed by atoms with Gasteiger partial charge < -0.3 is 61.3 Å². The summed E-state index contributed by atoms with van der Waals surface area (Å²) in [5.41, 5.74) is 18.3. The van der Waals surface area contributed by atoms with Crippen LogP contribution in [0.2, 0.25) is 0 Å². The number of amides is 2. The summed E-state index contributed by atoms with van der Waals surface area (Å²) in [5, 5.41) is 12.3. The molecule has 17 nitrogen and oxygen atoms in total. The normalized spacial score (nSPS) is 12.6. The van der Waals surface area contributed by atoms with Crippen LogP contribution in [0, 0.1) is 5.92 Å². The van der Waals surface area contributed by atoms with E-state index in [1.54, 1.807) is 57.8 Å². The second kappa shape index (κ2) is 36.6. The standard InChI is InChI=1S/C47H65N9O5.C15H15NO2.C2H4/c1-36(60-34-38-11-7-5-8-12-38)42(19-22-50-2)45(57)52-24-29-56(33-40(31-37-15-17-41(49)18-16-37)32-55(27-21-48)28-23-51-3)30-25-53-46(58)43-20-26-54(4)47(59)44(43)61-35-39-13-9-6-10-14-39;1-12-15(14(10-17)8-9-16(12)2)18-11-13-6-4-3-5-7-13;1-2/h5-20,22,26,40,50-51H,21,23-25,27-35,48-49H2,1-4H3,(H,52,57)(H,53,58);3-10H,1,11H2,2H3;1-2H2/b22-19-,42-36-;;. The minimum absolute atomic E-state index is 0.00438. The molecule has 6 rings (SSSR count). The molecule has 0 saturated carbocycles. The number of likely N-dealkylation sites (N-methyl/N-ethyl adjacent to an activating group) is 2. The number of aromatic nitrogens is 1. The van der Waals surface area contributed by atoms with Crippen LogP contribution in [0.4, 0.5) is 5.69 Å². The fourth-order valence-corrected chi connectivity index (χ4v) is 8.48. The Morgan fingerprint density at radius 1 is 0.728 bits per heavy atom. The Labute approximate surface area is 479 Å². The number of nitrogens with one attached hydrogen (secondary N) is 4. The predicted octanol–water partition coefficient (Wildman–Crippen LogP) is 6.69. The van der Waals surface area contributed by atoms with Crippen LogP contribution in [0.3, 0.4) is 0 Å². The van der Waals surface area contributed by atoms with E-state index in [0.29, 0.717) is 80.0 Å². The number of carbonyl (C=O) groups is 3. The molecule has 5 aromatic rings. The van der Waals surface area contributed by atoms with Gasteiger partial charge in [-0.3, -0.25) is 24.1 Å². The molecule has 17 heteroatoms. The largest absolute Gasteiger partial charge is 0.493 e. The monoisotopic (exact) mass is 1100 g/mol. The van der Waals surface area contributed by atoms with Crippen molar-refractivity contribution in [2.24, 2.45) is 18.7 Å². The number of pyridine rings is 1. The van der Waals surface area contributed by atoms with Gasteiger partial charge in [0.2, 0.25) is 0 Å². The van der Waals surface area contributed by atoms with Gasteiger partial charge in [-0.2, -0.15) is 0 Å². The Bertz CT molecular complexity index is 2890. The molecule has 1 aromatic heterocycles. The number of anilines is 1. The molecule has 1 aliphatic rings. The number of aldehydes is 1. The molecule has 4 aromatic carbocycles. The third-order valence-corrected chi connectivity index (χ3v) is 12.9. The van der Waals surface area contributed by atoms with Crippen LogP contribution in [0.15, 0.2) is 205 Å². The molecule has 1 aliphatic heterocycles. The topological polar surface area (TPSA) is 211 Å². The first-order valence-corrected chi connectivity index (χ1v) is 27.1. The van der Waals surface area contributed by atoms with Crippen molar-refractivity contribution < 1.29 is 28.6 Å². The summed E-state index contributed by atoms with van der Waals surface area (Å²) in [6.07, 6.45) is 10.1. The maximum atomic E-state index is 13.7. The number of rotatable bonds is 31. The van der Waals surface area contributed by atoms with Crippen molar-refractivity contribution in [3.63, 3.8) is 0 Å². The van der Waals surface area contributed by atoms with Crippen molar-refractivity contribution in [3.05, 3.63) is 238 Å². The van der Waals surface area contributed by atoms with Crippen LogP contribution < -0.4 is 43.0 Å². The Morgan fingerprint density at radius 3 is 1.85 bits per heavy atom. The van der Waals surface area contributed by atoms with Crippen molar-refractivity contribution in [2.75, 3.05) is 92.3 Å². The van der Waals surface area contributed by atoms with Crippen LogP contribution in [-0.4, -0.2) is 124 Å². The summed E-state index contributed by atoms with van der Waals surface area (Å²) in [7, 11) is 7.20. The van der Waals surface area contributed by atoms with Crippen molar-refractivity contribution in [2.45, 2.75) is 33.2 Å². The van der Waals surface area contributed by atoms with Gasteiger partial charge in [-0.05, 0) is 85.1 Å². The third-order valence-electron chi connectivity index (χ3n) is 12.9. The van der Waals surface area contributed by atoms with Crippen LogP contribution in [0.5, 0.6) is 5.75 Å². The van der Waals surface area contributed by atoms with Crippen LogP contribution in [-0.2, 0) is 52.4 Å². The molecular formula is C64H84N10O7. The van der Waals surface area contributed by atoms with Gasteiger partial charge in [-0.25, -0.2) is 0 Å². The number of carbonyl (C=O) groups excluding carboxylic acids is 3. The first-order chi connectivity index (χ1) is 39.3. The number of hydrogen-bond acceptors (Lipinski definition) is 14. The van der Waals surface area contributed by atoms with Crippen LogP contribution in [0.25, 0.3) is 0 Å². The molecule has 2 amide bonds. The molecule has 1 unspecified atom stereocenters. The molecule has 0 spiro atoms. The minimum Gasteiger partial charge on any atom is -0.493 e. The Kier molecular flexibility index (Phi) is 29.4. The van der Waals surface area contributed by atoms with Gasteiger partial charge in [0, 0.05) is 105 Å². The van der Waals surface area contributed by atoms with Gasteiger partial charge in [0.05, 0.1) is 22.4 Å². The number of nitrogens with zero attached hydrogens (tertiary/aromatic N) is 4. The molecule has 81 heavy (non-hydrogen) atoms. The summed E-state index contributed by atoms with van der Waals surface area (Å²) in [4.78, 5) is 58.0. The molecule has 0 radical (unpaired) electrons. The van der Waals surface area contributed by atoms with Gasteiger partial charge in [-0.1, -0.05) is 110 Å². The zero-order valence-corrected chi connectivity index (χ0v) is 47.9. The summed E-state index contributed by atoms with van der Waals surface area (Å²) < 4.78 is 19.1. The first-order valence-electron chi connectivity index (χ1n) is 27.1. The maximum Gasteiger partial charge on any atom is 0.293 e. The molecule has 0 aliphatic carbocycles. The number of hydrogen-bond donors (Lipinski definition) is 6. The lowest BCUT2D eigenvalue weighted by molar-refractivity contribution is -0.117. The SMILES string of the molecule is C=C.C=C1C(OCc2ccccc2)=C(C=O)C=CN1C.CN/C=C\C(C(=O)NCCN(CCNC(=O)c1ccn(C)c(=O)c1OCc1ccccc1)CC(Cc1ccc(N)cc1)CN(CCN)CCNC)=C(/C)OCc1ccccc1. The number of benzene rings is 4. The highest BCUT2D eigenvalue weighted by Crippen LogP contribution is 2.24. The van der Waals surface area contributed by atoms with Gasteiger partial charge in [-0.15, -0.1) is 13.2 Å². The first kappa shape index (κ1) is 65.0. The average molecular weight is 1110 g/mol. The van der Waals surface area contributed by atoms with Gasteiger partial charge in [0.25, 0.3) is 17.4 Å². The Balaban J connectivity index is 0.000000590.